The highest BCUT2D eigenvalue weighted by Crippen LogP contribution is 2.36. The van der Waals surface area contributed by atoms with Crippen molar-refractivity contribution in [3.8, 4) is 11.1 Å². The van der Waals surface area contributed by atoms with Crippen molar-refractivity contribution in [3.63, 3.8) is 0 Å². The van der Waals surface area contributed by atoms with E-state index < -0.39 is 17.9 Å². The maximum atomic E-state index is 14.0. The number of aromatic nitrogens is 1. The molecule has 0 saturated carbocycles. The Morgan fingerprint density at radius 2 is 2.03 bits per heavy atom. The van der Waals surface area contributed by atoms with Gasteiger partial charge in [-0.3, -0.25) is 4.79 Å². The normalized spacial score (nSPS) is 15.3. The molecule has 1 fully saturated rings. The van der Waals surface area contributed by atoms with Crippen LogP contribution in [0, 0.1) is 5.82 Å². The Morgan fingerprint density at radius 1 is 1.22 bits per heavy atom. The number of halogens is 2. The van der Waals surface area contributed by atoms with Crippen LogP contribution >= 0.6 is 23.5 Å². The quantitative estimate of drug-likeness (QED) is 0.315. The zero-order chi connectivity index (χ0) is 25.8. The summed E-state index contributed by atoms with van der Waals surface area (Å²) in [5, 5.41) is 5.34. The molecule has 3 N–H and O–H groups in total. The first kappa shape index (κ1) is 25.8. The van der Waals surface area contributed by atoms with Crippen LogP contribution in [-0.4, -0.2) is 35.8 Å². The number of carbonyl (C=O) groups excluding carboxylic acids is 2. The minimum atomic E-state index is -0.712. The van der Waals surface area contributed by atoms with Crippen molar-refractivity contribution in [1.29, 1.82) is 0 Å². The number of urea groups is 1. The Bertz CT molecular complexity index is 1290. The lowest BCUT2D eigenvalue weighted by Gasteiger charge is -2.23. The number of hydrogen-bond acceptors (Lipinski definition) is 5. The molecule has 0 aliphatic carbocycles. The van der Waals surface area contributed by atoms with E-state index in [1.807, 2.05) is 30.5 Å². The zero-order valence-electron chi connectivity index (χ0n) is 20.1. The van der Waals surface area contributed by atoms with Gasteiger partial charge in [0.25, 0.3) is 0 Å². The Hall–Kier alpha value is -3.30. The fraction of sp³-hybridized carbons (Fsp3) is 0.269. The molecule has 1 aromatic heterocycles. The van der Waals surface area contributed by atoms with E-state index in [0.717, 1.165) is 34.3 Å². The molecular weight excluding hydrogens is 501 g/mol. The smallest absolute Gasteiger partial charge is 0.319 e. The molecule has 188 valence electrons. The van der Waals surface area contributed by atoms with Gasteiger partial charge in [0.05, 0.1) is 5.69 Å². The maximum Gasteiger partial charge on any atom is 0.319 e. The molecule has 0 bridgehead atoms. The van der Waals surface area contributed by atoms with Gasteiger partial charge in [-0.1, -0.05) is 43.5 Å². The zero-order valence-corrected chi connectivity index (χ0v) is 21.7. The second-order valence-electron chi connectivity index (χ2n) is 8.69. The standard InChI is InChI=1S/C26H27ClFN5O2S/c1-15(2)19-13-16(18-5-4-11-29-24(18)32-36-3)6-9-23(19)33-12-10-22(25(33)34)31-26(35)30-21-8-7-17(27)14-20(21)28/h4-9,11,13-15,22H,10,12H2,1-3H3,(H,29,32)(H2,30,31,35). The van der Waals surface area contributed by atoms with Crippen molar-refractivity contribution in [2.45, 2.75) is 32.2 Å². The average Bonchev–Trinajstić information content (AvgIpc) is 3.20. The fourth-order valence-corrected chi connectivity index (χ4v) is 4.72. The van der Waals surface area contributed by atoms with Gasteiger partial charge in [-0.25, -0.2) is 14.2 Å². The van der Waals surface area contributed by atoms with Gasteiger partial charge in [-0.2, -0.15) is 0 Å². The Kier molecular flexibility index (Phi) is 8.01. The second-order valence-corrected chi connectivity index (χ2v) is 9.74. The van der Waals surface area contributed by atoms with Crippen LogP contribution in [0.3, 0.4) is 0 Å². The molecule has 2 aromatic carbocycles. The summed E-state index contributed by atoms with van der Waals surface area (Å²) in [5.74, 6) is 0.0763. The van der Waals surface area contributed by atoms with E-state index >= 15 is 0 Å². The highest BCUT2D eigenvalue weighted by molar-refractivity contribution is 7.99. The van der Waals surface area contributed by atoms with Crippen molar-refractivity contribution in [3.05, 3.63) is 71.1 Å². The van der Waals surface area contributed by atoms with Gasteiger partial charge in [0.15, 0.2) is 0 Å². The number of pyridine rings is 1. The van der Waals surface area contributed by atoms with E-state index in [2.05, 4.69) is 40.3 Å². The van der Waals surface area contributed by atoms with Gasteiger partial charge in [0.1, 0.15) is 17.7 Å². The SMILES string of the molecule is CSNc1ncccc1-c1ccc(N2CCC(NC(=O)Nc3ccc(Cl)cc3F)C2=O)c(C(C)C)c1. The summed E-state index contributed by atoms with van der Waals surface area (Å²) < 4.78 is 17.2. The van der Waals surface area contributed by atoms with E-state index in [0.29, 0.717) is 13.0 Å². The van der Waals surface area contributed by atoms with Crippen molar-refractivity contribution in [1.82, 2.24) is 10.3 Å². The van der Waals surface area contributed by atoms with Gasteiger partial charge in [0, 0.05) is 35.3 Å². The Labute approximate surface area is 219 Å². The number of anilines is 3. The first-order valence-electron chi connectivity index (χ1n) is 11.5. The molecule has 3 amide bonds. The number of hydrogen-bond donors (Lipinski definition) is 3. The van der Waals surface area contributed by atoms with Crippen molar-refractivity contribution >= 4 is 52.7 Å². The van der Waals surface area contributed by atoms with Crippen LogP contribution in [0.15, 0.2) is 54.7 Å². The van der Waals surface area contributed by atoms with Crippen molar-refractivity contribution in [2.24, 2.45) is 0 Å². The summed E-state index contributed by atoms with van der Waals surface area (Å²) >= 11 is 7.23. The van der Waals surface area contributed by atoms with Crippen LogP contribution in [0.25, 0.3) is 11.1 Å². The number of rotatable bonds is 7. The van der Waals surface area contributed by atoms with Crippen LogP contribution in [0.5, 0.6) is 0 Å². The lowest BCUT2D eigenvalue weighted by atomic mass is 9.95. The van der Waals surface area contributed by atoms with Gasteiger partial charge in [0.2, 0.25) is 5.91 Å². The van der Waals surface area contributed by atoms with E-state index in [9.17, 15) is 14.0 Å². The highest BCUT2D eigenvalue weighted by Gasteiger charge is 2.35. The van der Waals surface area contributed by atoms with Gasteiger partial charge in [-0.15, -0.1) is 0 Å². The van der Waals surface area contributed by atoms with Gasteiger partial charge >= 0.3 is 6.03 Å². The van der Waals surface area contributed by atoms with E-state index in [-0.39, 0.29) is 22.5 Å². The van der Waals surface area contributed by atoms with Crippen LogP contribution in [0.1, 0.15) is 31.7 Å². The third kappa shape index (κ3) is 5.57. The van der Waals surface area contributed by atoms with Crippen LogP contribution in [0.2, 0.25) is 5.02 Å². The number of carbonyl (C=O) groups is 2. The first-order valence-corrected chi connectivity index (χ1v) is 13.1. The monoisotopic (exact) mass is 527 g/mol. The van der Waals surface area contributed by atoms with Crippen LogP contribution in [-0.2, 0) is 4.79 Å². The fourth-order valence-electron chi connectivity index (χ4n) is 4.21. The maximum absolute atomic E-state index is 14.0. The predicted octanol–water partition coefficient (Wildman–Crippen LogP) is 6.28. The molecule has 1 aliphatic rings. The lowest BCUT2D eigenvalue weighted by molar-refractivity contribution is -0.118. The molecule has 1 aliphatic heterocycles. The molecule has 0 radical (unpaired) electrons. The Morgan fingerprint density at radius 3 is 2.75 bits per heavy atom. The lowest BCUT2D eigenvalue weighted by Crippen LogP contribution is -2.43. The predicted molar refractivity (Wildman–Crippen MR) is 145 cm³/mol. The number of amides is 3. The minimum absolute atomic E-state index is 0.0115. The number of nitrogens with zero attached hydrogens (tertiary/aromatic N) is 2. The van der Waals surface area contributed by atoms with Crippen LogP contribution in [0.4, 0.5) is 26.4 Å². The van der Waals surface area contributed by atoms with Crippen molar-refractivity contribution < 1.29 is 14.0 Å². The average molecular weight is 528 g/mol. The summed E-state index contributed by atoms with van der Waals surface area (Å²) in [4.78, 5) is 31.8. The number of benzene rings is 2. The third-order valence-corrected chi connectivity index (χ3v) is 6.58. The third-order valence-electron chi connectivity index (χ3n) is 5.95. The molecule has 3 aromatic rings. The van der Waals surface area contributed by atoms with Crippen molar-refractivity contribution in [2.75, 3.05) is 27.7 Å². The molecule has 0 spiro atoms. The van der Waals surface area contributed by atoms with Gasteiger partial charge < -0.3 is 20.3 Å². The second kappa shape index (κ2) is 11.2. The summed E-state index contributed by atoms with van der Waals surface area (Å²) in [6.07, 6.45) is 4.13. The summed E-state index contributed by atoms with van der Waals surface area (Å²) in [7, 11) is 0. The molecule has 2 heterocycles. The molecule has 1 atom stereocenters. The molecule has 1 saturated heterocycles. The molecule has 4 rings (SSSR count). The molecule has 1 unspecified atom stereocenters. The number of nitrogens with one attached hydrogen (secondary N) is 3. The van der Waals surface area contributed by atoms with E-state index in [4.69, 9.17) is 11.6 Å². The molecule has 10 heteroatoms. The van der Waals surface area contributed by atoms with E-state index in [1.54, 1.807) is 11.1 Å². The largest absolute Gasteiger partial charge is 0.326 e. The van der Waals surface area contributed by atoms with Crippen LogP contribution < -0.4 is 20.3 Å². The molecule has 7 nitrogen and oxygen atoms in total. The summed E-state index contributed by atoms with van der Waals surface area (Å²) in [6.45, 7) is 4.62. The highest BCUT2D eigenvalue weighted by atomic mass is 35.5. The summed E-state index contributed by atoms with van der Waals surface area (Å²) in [6, 6.07) is 12.5. The van der Waals surface area contributed by atoms with Gasteiger partial charge in [-0.05, 0) is 65.9 Å². The summed E-state index contributed by atoms with van der Waals surface area (Å²) in [5.41, 5.74) is 3.79. The molecular formula is C26H27ClFN5O2S. The topological polar surface area (TPSA) is 86.4 Å². The first-order chi connectivity index (χ1) is 17.3. The Balaban J connectivity index is 1.52. The minimum Gasteiger partial charge on any atom is -0.326 e. The molecule has 36 heavy (non-hydrogen) atoms. The van der Waals surface area contributed by atoms with E-state index in [1.165, 1.54) is 24.1 Å².